The molecule has 3 aromatic rings. The Labute approximate surface area is 148 Å². The van der Waals surface area contributed by atoms with Crippen molar-refractivity contribution in [2.75, 3.05) is 0 Å². The molecule has 0 bridgehead atoms. The molecule has 0 N–H and O–H groups in total. The normalized spacial score (nSPS) is 11.5. The van der Waals surface area contributed by atoms with Crippen LogP contribution in [0.3, 0.4) is 0 Å². The number of hydrogen-bond donors (Lipinski definition) is 0. The minimum Gasteiger partial charge on any atom is -0.203 e. The summed E-state index contributed by atoms with van der Waals surface area (Å²) in [7, 11) is 0. The van der Waals surface area contributed by atoms with Gasteiger partial charge in [-0.1, -0.05) is 51.3 Å². The van der Waals surface area contributed by atoms with Gasteiger partial charge in [-0.2, -0.15) is 0 Å². The second-order valence-corrected chi connectivity index (χ2v) is 6.98. The zero-order chi connectivity index (χ0) is 17.8. The van der Waals surface area contributed by atoms with Crippen LogP contribution in [0.15, 0.2) is 36.4 Å². The van der Waals surface area contributed by atoms with Crippen LogP contribution in [0.5, 0.6) is 0 Å². The first-order valence-corrected chi connectivity index (χ1v) is 9.47. The Balaban J connectivity index is 2.05. The standard InChI is InChI=1S/C23H26F2/c1-3-5-7-9-18-14-20-13-17-11-10-16(8-6-4-2)12-19(17)15-21(20)23(25)22(18)24/h10-15H,3-9H2,1-2H3. The number of halogens is 2. The Morgan fingerprint density at radius 3 is 2.24 bits per heavy atom. The molecule has 3 rings (SSSR count). The lowest BCUT2D eigenvalue weighted by Gasteiger charge is -2.10. The molecule has 132 valence electrons. The van der Waals surface area contributed by atoms with Crippen LogP contribution in [0.1, 0.15) is 57.1 Å². The van der Waals surface area contributed by atoms with E-state index in [1.807, 2.05) is 12.1 Å². The minimum atomic E-state index is -0.704. The first-order chi connectivity index (χ1) is 12.1. The molecular formula is C23H26F2. The zero-order valence-corrected chi connectivity index (χ0v) is 15.2. The van der Waals surface area contributed by atoms with E-state index in [4.69, 9.17) is 0 Å². The molecule has 0 unspecified atom stereocenters. The fraction of sp³-hybridized carbons (Fsp3) is 0.391. The second-order valence-electron chi connectivity index (χ2n) is 6.98. The van der Waals surface area contributed by atoms with Crippen molar-refractivity contribution >= 4 is 21.5 Å². The van der Waals surface area contributed by atoms with Gasteiger partial charge >= 0.3 is 0 Å². The number of rotatable bonds is 7. The highest BCUT2D eigenvalue weighted by Crippen LogP contribution is 2.30. The summed E-state index contributed by atoms with van der Waals surface area (Å²) in [4.78, 5) is 0. The van der Waals surface area contributed by atoms with E-state index in [9.17, 15) is 8.78 Å². The van der Waals surface area contributed by atoms with Crippen molar-refractivity contribution in [3.8, 4) is 0 Å². The van der Waals surface area contributed by atoms with Gasteiger partial charge in [0.2, 0.25) is 0 Å². The predicted molar refractivity (Wildman–Crippen MR) is 103 cm³/mol. The highest BCUT2D eigenvalue weighted by molar-refractivity contribution is 5.99. The van der Waals surface area contributed by atoms with Crippen LogP contribution in [0.25, 0.3) is 21.5 Å². The van der Waals surface area contributed by atoms with Gasteiger partial charge in [0.15, 0.2) is 11.6 Å². The van der Waals surface area contributed by atoms with Crippen molar-refractivity contribution in [3.63, 3.8) is 0 Å². The van der Waals surface area contributed by atoms with Crippen LogP contribution in [0.2, 0.25) is 0 Å². The highest BCUT2D eigenvalue weighted by Gasteiger charge is 2.14. The highest BCUT2D eigenvalue weighted by atomic mass is 19.2. The SMILES string of the molecule is CCCCCc1cc2cc3ccc(CCCC)cc3cc2c(F)c1F. The van der Waals surface area contributed by atoms with Crippen LogP contribution in [0, 0.1) is 11.6 Å². The number of benzene rings is 3. The number of aryl methyl sites for hydroxylation is 2. The molecule has 2 heteroatoms. The minimum absolute atomic E-state index is 0.386. The van der Waals surface area contributed by atoms with E-state index in [-0.39, 0.29) is 0 Å². The molecule has 0 amide bonds. The smallest absolute Gasteiger partial charge is 0.166 e. The van der Waals surface area contributed by atoms with E-state index in [1.54, 1.807) is 6.07 Å². The Kier molecular flexibility index (Phi) is 5.67. The molecule has 0 saturated carbocycles. The lowest BCUT2D eigenvalue weighted by atomic mass is 9.96. The Morgan fingerprint density at radius 1 is 0.680 bits per heavy atom. The second kappa shape index (κ2) is 7.95. The summed E-state index contributed by atoms with van der Waals surface area (Å²) in [5, 5.41) is 3.24. The van der Waals surface area contributed by atoms with E-state index >= 15 is 0 Å². The number of unbranched alkanes of at least 4 members (excludes halogenated alkanes) is 3. The maximum absolute atomic E-state index is 14.6. The van der Waals surface area contributed by atoms with Gasteiger partial charge in [0.25, 0.3) is 0 Å². The molecule has 0 heterocycles. The van der Waals surface area contributed by atoms with Gasteiger partial charge in [-0.05, 0) is 71.2 Å². The first-order valence-electron chi connectivity index (χ1n) is 9.47. The van der Waals surface area contributed by atoms with Crippen molar-refractivity contribution in [3.05, 3.63) is 59.2 Å². The predicted octanol–water partition coefficient (Wildman–Crippen LogP) is 7.35. The molecule has 0 fully saturated rings. The maximum atomic E-state index is 14.6. The van der Waals surface area contributed by atoms with Crippen molar-refractivity contribution in [1.82, 2.24) is 0 Å². The van der Waals surface area contributed by atoms with E-state index in [0.717, 1.165) is 54.7 Å². The third-order valence-electron chi connectivity index (χ3n) is 4.98. The molecule has 0 aliphatic carbocycles. The monoisotopic (exact) mass is 340 g/mol. The van der Waals surface area contributed by atoms with Gasteiger partial charge in [-0.15, -0.1) is 0 Å². The van der Waals surface area contributed by atoms with Crippen molar-refractivity contribution in [1.29, 1.82) is 0 Å². The summed E-state index contributed by atoms with van der Waals surface area (Å²) in [6.07, 6.45) is 6.92. The summed E-state index contributed by atoms with van der Waals surface area (Å²) < 4.78 is 29.1. The molecule has 0 aliphatic rings. The average molecular weight is 340 g/mol. The molecule has 0 spiro atoms. The van der Waals surface area contributed by atoms with Crippen LogP contribution in [-0.4, -0.2) is 0 Å². The van der Waals surface area contributed by atoms with E-state index in [1.165, 1.54) is 5.56 Å². The van der Waals surface area contributed by atoms with Crippen molar-refractivity contribution in [2.24, 2.45) is 0 Å². The summed E-state index contributed by atoms with van der Waals surface area (Å²) in [5.74, 6) is -1.38. The van der Waals surface area contributed by atoms with Crippen LogP contribution in [-0.2, 0) is 12.8 Å². The molecule has 0 aromatic heterocycles. The van der Waals surface area contributed by atoms with Gasteiger partial charge in [-0.25, -0.2) is 8.78 Å². The summed E-state index contributed by atoms with van der Waals surface area (Å²) in [6, 6.07) is 12.0. The Morgan fingerprint density at radius 2 is 1.48 bits per heavy atom. The molecule has 0 aliphatic heterocycles. The van der Waals surface area contributed by atoms with Crippen LogP contribution >= 0.6 is 0 Å². The van der Waals surface area contributed by atoms with Gasteiger partial charge < -0.3 is 0 Å². The molecule has 25 heavy (non-hydrogen) atoms. The van der Waals surface area contributed by atoms with E-state index in [2.05, 4.69) is 32.0 Å². The maximum Gasteiger partial charge on any atom is 0.166 e. The van der Waals surface area contributed by atoms with Crippen molar-refractivity contribution < 1.29 is 8.78 Å². The molecule has 0 radical (unpaired) electrons. The van der Waals surface area contributed by atoms with Gasteiger partial charge in [0.1, 0.15) is 0 Å². The van der Waals surface area contributed by atoms with Crippen LogP contribution in [0.4, 0.5) is 8.78 Å². The van der Waals surface area contributed by atoms with Gasteiger partial charge in [0, 0.05) is 5.39 Å². The molecule has 0 nitrogen and oxygen atoms in total. The van der Waals surface area contributed by atoms with Crippen molar-refractivity contribution in [2.45, 2.75) is 58.8 Å². The fourth-order valence-electron chi connectivity index (χ4n) is 3.47. The number of fused-ring (bicyclic) bond motifs is 2. The largest absolute Gasteiger partial charge is 0.203 e. The van der Waals surface area contributed by atoms with Gasteiger partial charge in [0.05, 0.1) is 0 Å². The summed E-state index contributed by atoms with van der Waals surface area (Å²) >= 11 is 0. The molecule has 3 aromatic carbocycles. The fourth-order valence-corrected chi connectivity index (χ4v) is 3.47. The average Bonchev–Trinajstić information content (AvgIpc) is 2.63. The summed E-state index contributed by atoms with van der Waals surface area (Å²) in [5.41, 5.74) is 1.75. The zero-order valence-electron chi connectivity index (χ0n) is 15.2. The molecular weight excluding hydrogens is 314 g/mol. The Bertz CT molecular complexity index is 880. The molecule has 0 atom stereocenters. The number of hydrogen-bond acceptors (Lipinski definition) is 0. The lowest BCUT2D eigenvalue weighted by Crippen LogP contribution is -1.97. The lowest BCUT2D eigenvalue weighted by molar-refractivity contribution is 0.504. The molecule has 0 saturated heterocycles. The van der Waals surface area contributed by atoms with E-state index < -0.39 is 11.6 Å². The van der Waals surface area contributed by atoms with Crippen LogP contribution < -0.4 is 0 Å². The topological polar surface area (TPSA) is 0 Å². The third-order valence-corrected chi connectivity index (χ3v) is 4.98. The third kappa shape index (κ3) is 3.84. The Hall–Kier alpha value is -1.96. The quantitative estimate of drug-likeness (QED) is 0.311. The van der Waals surface area contributed by atoms with Gasteiger partial charge in [-0.3, -0.25) is 0 Å². The van der Waals surface area contributed by atoms with E-state index in [0.29, 0.717) is 17.4 Å². The summed E-state index contributed by atoms with van der Waals surface area (Å²) in [6.45, 7) is 4.28. The first kappa shape index (κ1) is 17.8.